The molecule has 0 saturated heterocycles. The zero-order valence-electron chi connectivity index (χ0n) is 15.8. The minimum Gasteiger partial charge on any atom is -0.456 e. The van der Waals surface area contributed by atoms with Gasteiger partial charge in [0, 0.05) is 23.3 Å². The number of nitrogens with one attached hydrogen (secondary N) is 1. The Hall–Kier alpha value is -2.42. The van der Waals surface area contributed by atoms with Crippen LogP contribution in [0.2, 0.25) is 5.02 Å². The number of hydrogen-bond donors (Lipinski definition) is 1. The standard InChI is InChI=1S/C20H21ClN2O5S/c1-14-12-15-4-2-3-5-18(15)23(14)19(24)13-28-20(25)10-11-22-29(26,27)17-8-6-16(21)7-9-17/h2-9,14,22H,10-13H2,1H3. The Balaban J connectivity index is 1.47. The second-order valence-electron chi connectivity index (χ2n) is 6.71. The molecular formula is C20H21ClN2O5S. The van der Waals surface area contributed by atoms with Crippen LogP contribution in [0.4, 0.5) is 5.69 Å². The molecular weight excluding hydrogens is 416 g/mol. The first-order chi connectivity index (χ1) is 13.8. The van der Waals surface area contributed by atoms with Gasteiger partial charge in [-0.25, -0.2) is 13.1 Å². The summed E-state index contributed by atoms with van der Waals surface area (Å²) in [5, 5.41) is 0.423. The lowest BCUT2D eigenvalue weighted by atomic mass is 10.1. The quantitative estimate of drug-likeness (QED) is 0.673. The van der Waals surface area contributed by atoms with E-state index in [0.717, 1.165) is 17.7 Å². The molecule has 9 heteroatoms. The van der Waals surface area contributed by atoms with Crippen LogP contribution in [0.3, 0.4) is 0 Å². The Morgan fingerprint density at radius 2 is 1.86 bits per heavy atom. The van der Waals surface area contributed by atoms with Gasteiger partial charge in [0.1, 0.15) is 0 Å². The molecule has 1 aliphatic rings. The number of halogens is 1. The molecule has 154 valence electrons. The van der Waals surface area contributed by atoms with Gasteiger partial charge in [-0.1, -0.05) is 29.8 Å². The molecule has 29 heavy (non-hydrogen) atoms. The number of esters is 1. The summed E-state index contributed by atoms with van der Waals surface area (Å²) >= 11 is 5.74. The van der Waals surface area contributed by atoms with Gasteiger partial charge in [0.25, 0.3) is 5.91 Å². The predicted octanol–water partition coefficient (Wildman–Crippen LogP) is 2.53. The van der Waals surface area contributed by atoms with Gasteiger partial charge < -0.3 is 9.64 Å². The van der Waals surface area contributed by atoms with Crippen LogP contribution in [-0.2, 0) is 30.8 Å². The van der Waals surface area contributed by atoms with E-state index < -0.39 is 16.0 Å². The van der Waals surface area contributed by atoms with Gasteiger partial charge in [-0.2, -0.15) is 0 Å². The molecule has 2 aromatic rings. The van der Waals surface area contributed by atoms with Crippen molar-refractivity contribution >= 4 is 39.2 Å². The molecule has 1 atom stereocenters. The molecule has 0 saturated carbocycles. The second-order valence-corrected chi connectivity index (χ2v) is 8.91. The number of anilines is 1. The number of ether oxygens (including phenoxy) is 1. The highest BCUT2D eigenvalue weighted by atomic mass is 35.5. The number of nitrogens with zero attached hydrogens (tertiary/aromatic N) is 1. The maximum Gasteiger partial charge on any atom is 0.307 e. The summed E-state index contributed by atoms with van der Waals surface area (Å²) in [6.45, 7) is 1.41. The van der Waals surface area contributed by atoms with Crippen molar-refractivity contribution in [2.24, 2.45) is 0 Å². The number of fused-ring (bicyclic) bond motifs is 1. The molecule has 1 aliphatic heterocycles. The molecule has 0 radical (unpaired) electrons. The van der Waals surface area contributed by atoms with E-state index in [2.05, 4.69) is 4.72 Å². The summed E-state index contributed by atoms with van der Waals surface area (Å²) in [5.74, 6) is -0.963. The Morgan fingerprint density at radius 1 is 1.17 bits per heavy atom. The van der Waals surface area contributed by atoms with Gasteiger partial charge >= 0.3 is 5.97 Å². The monoisotopic (exact) mass is 436 g/mol. The summed E-state index contributed by atoms with van der Waals surface area (Å²) in [5.41, 5.74) is 1.91. The van der Waals surface area contributed by atoms with E-state index in [1.807, 2.05) is 31.2 Å². The van der Waals surface area contributed by atoms with Crippen molar-refractivity contribution in [2.45, 2.75) is 30.7 Å². The summed E-state index contributed by atoms with van der Waals surface area (Å²) < 4.78 is 31.7. The lowest BCUT2D eigenvalue weighted by Gasteiger charge is -2.22. The first-order valence-corrected chi connectivity index (χ1v) is 10.9. The average molecular weight is 437 g/mol. The number of hydrogen-bond acceptors (Lipinski definition) is 5. The SMILES string of the molecule is CC1Cc2ccccc2N1C(=O)COC(=O)CCNS(=O)(=O)c1ccc(Cl)cc1. The first kappa shape index (κ1) is 21.3. The van der Waals surface area contributed by atoms with Crippen LogP contribution < -0.4 is 9.62 Å². The largest absolute Gasteiger partial charge is 0.456 e. The van der Waals surface area contributed by atoms with Crippen LogP contribution in [-0.4, -0.2) is 39.5 Å². The van der Waals surface area contributed by atoms with Crippen LogP contribution in [0.5, 0.6) is 0 Å². The summed E-state index contributed by atoms with van der Waals surface area (Å²) in [7, 11) is -3.75. The molecule has 0 aromatic heterocycles. The third-order valence-corrected chi connectivity index (χ3v) is 6.31. The zero-order chi connectivity index (χ0) is 21.0. The highest BCUT2D eigenvalue weighted by Crippen LogP contribution is 2.31. The molecule has 3 rings (SSSR count). The van der Waals surface area contributed by atoms with Gasteiger partial charge in [0.2, 0.25) is 10.0 Å². The third kappa shape index (κ3) is 5.14. The van der Waals surface area contributed by atoms with Crippen molar-refractivity contribution in [3.05, 3.63) is 59.1 Å². The van der Waals surface area contributed by atoms with Crippen molar-refractivity contribution in [1.29, 1.82) is 0 Å². The number of rotatable bonds is 7. The number of benzene rings is 2. The summed E-state index contributed by atoms with van der Waals surface area (Å²) in [6, 6.07) is 13.3. The van der Waals surface area contributed by atoms with E-state index in [1.54, 1.807) is 4.90 Å². The smallest absolute Gasteiger partial charge is 0.307 e. The van der Waals surface area contributed by atoms with Crippen LogP contribution >= 0.6 is 11.6 Å². The molecule has 0 spiro atoms. The van der Waals surface area contributed by atoms with Crippen molar-refractivity contribution < 1.29 is 22.7 Å². The fourth-order valence-corrected chi connectivity index (χ4v) is 4.37. The molecule has 7 nitrogen and oxygen atoms in total. The van der Waals surface area contributed by atoms with Gasteiger partial charge in [0.15, 0.2) is 6.61 Å². The maximum absolute atomic E-state index is 12.5. The number of sulfonamides is 1. The fourth-order valence-electron chi connectivity index (χ4n) is 3.21. The van der Waals surface area contributed by atoms with Crippen LogP contribution in [0.25, 0.3) is 0 Å². The number of amides is 1. The van der Waals surface area contributed by atoms with Crippen molar-refractivity contribution in [1.82, 2.24) is 4.72 Å². The topological polar surface area (TPSA) is 92.8 Å². The van der Waals surface area contributed by atoms with Crippen molar-refractivity contribution in [3.8, 4) is 0 Å². The minimum atomic E-state index is -3.75. The Bertz CT molecular complexity index is 1010. The van der Waals surface area contributed by atoms with E-state index in [4.69, 9.17) is 16.3 Å². The van der Waals surface area contributed by atoms with Gasteiger partial charge in [-0.15, -0.1) is 0 Å². The minimum absolute atomic E-state index is 0.00946. The van der Waals surface area contributed by atoms with E-state index in [9.17, 15) is 18.0 Å². The zero-order valence-corrected chi connectivity index (χ0v) is 17.4. The number of para-hydroxylation sites is 1. The van der Waals surface area contributed by atoms with Gasteiger partial charge in [0.05, 0.1) is 11.3 Å². The Labute approximate surface area is 174 Å². The van der Waals surface area contributed by atoms with Gasteiger partial charge in [-0.05, 0) is 49.2 Å². The second kappa shape index (κ2) is 8.94. The molecule has 1 heterocycles. The van der Waals surface area contributed by atoms with Crippen LogP contribution in [0.1, 0.15) is 18.9 Å². The molecule has 0 bridgehead atoms. The van der Waals surface area contributed by atoms with Crippen molar-refractivity contribution in [2.75, 3.05) is 18.1 Å². The lowest BCUT2D eigenvalue weighted by molar-refractivity contribution is -0.147. The van der Waals surface area contributed by atoms with E-state index in [1.165, 1.54) is 24.3 Å². The third-order valence-electron chi connectivity index (χ3n) is 4.58. The lowest BCUT2D eigenvalue weighted by Crippen LogP contribution is -2.39. The highest BCUT2D eigenvalue weighted by Gasteiger charge is 2.30. The molecule has 1 amide bonds. The normalized spacial score (nSPS) is 15.8. The first-order valence-electron chi connectivity index (χ1n) is 9.09. The summed E-state index contributed by atoms with van der Waals surface area (Å²) in [4.78, 5) is 26.1. The fraction of sp³-hybridized carbons (Fsp3) is 0.300. The number of carbonyl (C=O) groups is 2. The summed E-state index contributed by atoms with van der Waals surface area (Å²) in [6.07, 6.45) is 0.564. The van der Waals surface area contributed by atoms with Gasteiger partial charge in [-0.3, -0.25) is 9.59 Å². The number of carbonyl (C=O) groups excluding carboxylic acids is 2. The van der Waals surface area contributed by atoms with E-state index in [-0.39, 0.29) is 36.4 Å². The highest BCUT2D eigenvalue weighted by molar-refractivity contribution is 7.89. The average Bonchev–Trinajstić information content (AvgIpc) is 3.02. The molecule has 2 aromatic carbocycles. The van der Waals surface area contributed by atoms with Crippen LogP contribution in [0.15, 0.2) is 53.4 Å². The van der Waals surface area contributed by atoms with E-state index >= 15 is 0 Å². The molecule has 1 unspecified atom stereocenters. The predicted molar refractivity (Wildman–Crippen MR) is 109 cm³/mol. The Kier molecular flexibility index (Phi) is 6.56. The maximum atomic E-state index is 12.5. The molecule has 0 aliphatic carbocycles. The van der Waals surface area contributed by atoms with Crippen molar-refractivity contribution in [3.63, 3.8) is 0 Å². The van der Waals surface area contributed by atoms with Crippen LogP contribution in [0, 0.1) is 0 Å². The molecule has 0 fully saturated rings. The van der Waals surface area contributed by atoms with E-state index in [0.29, 0.717) is 5.02 Å². The molecule has 1 N–H and O–H groups in total. The Morgan fingerprint density at radius 3 is 2.59 bits per heavy atom.